The van der Waals surface area contributed by atoms with Gasteiger partial charge in [0.1, 0.15) is 5.78 Å². The molecule has 0 saturated heterocycles. The molecule has 2 fully saturated rings. The highest BCUT2D eigenvalue weighted by Gasteiger charge is 2.31. The van der Waals surface area contributed by atoms with Crippen LogP contribution in [0.1, 0.15) is 51.4 Å². The fourth-order valence-corrected chi connectivity index (χ4v) is 2.95. The van der Waals surface area contributed by atoms with Gasteiger partial charge in [0.25, 0.3) is 0 Å². The number of carbonyl (C=O) groups excluding carboxylic acids is 1. The Morgan fingerprint density at radius 2 is 1.36 bits per heavy atom. The first-order valence-corrected chi connectivity index (χ1v) is 6.06. The summed E-state index contributed by atoms with van der Waals surface area (Å²) in [6.45, 7) is 0. The second-order valence-electron chi connectivity index (χ2n) is 5.00. The smallest absolute Gasteiger partial charge is 0.139 e. The van der Waals surface area contributed by atoms with Crippen molar-refractivity contribution >= 4 is 5.78 Å². The molecule has 0 heterocycles. The minimum absolute atomic E-state index is 0.359. The number of hydrogen-bond donors (Lipinski definition) is 1. The van der Waals surface area contributed by atoms with Gasteiger partial charge in [-0.25, -0.2) is 0 Å². The van der Waals surface area contributed by atoms with E-state index in [0.717, 1.165) is 38.5 Å². The fourth-order valence-electron chi connectivity index (χ4n) is 2.95. The lowest BCUT2D eigenvalue weighted by atomic mass is 9.79. The van der Waals surface area contributed by atoms with E-state index in [9.17, 15) is 4.79 Å². The molecule has 80 valence electrons. The van der Waals surface area contributed by atoms with Crippen LogP contribution in [0.3, 0.4) is 0 Å². The van der Waals surface area contributed by atoms with Crippen LogP contribution < -0.4 is 5.73 Å². The molecule has 14 heavy (non-hydrogen) atoms. The molecule has 0 spiro atoms. The monoisotopic (exact) mass is 195 g/mol. The number of nitrogens with two attached hydrogens (primary N) is 1. The maximum atomic E-state index is 12.1. The molecule has 2 N–H and O–H groups in total. The summed E-state index contributed by atoms with van der Waals surface area (Å²) in [4.78, 5) is 12.1. The van der Waals surface area contributed by atoms with Crippen molar-refractivity contribution in [1.29, 1.82) is 0 Å². The third-order valence-corrected chi connectivity index (χ3v) is 3.93. The van der Waals surface area contributed by atoms with Crippen LogP contribution in [0.15, 0.2) is 0 Å². The SMILES string of the molecule is NC1CCC(C(=O)C2CCCC2)CC1. The van der Waals surface area contributed by atoms with Crippen molar-refractivity contribution in [3.8, 4) is 0 Å². The minimum Gasteiger partial charge on any atom is -0.328 e. The Bertz CT molecular complexity index is 200. The molecule has 0 atom stereocenters. The molecule has 0 radical (unpaired) electrons. The normalized spacial score (nSPS) is 34.6. The Balaban J connectivity index is 1.85. The Morgan fingerprint density at radius 1 is 0.857 bits per heavy atom. The average molecular weight is 195 g/mol. The summed E-state index contributed by atoms with van der Waals surface area (Å²) in [6.07, 6.45) is 9.06. The quantitative estimate of drug-likeness (QED) is 0.734. The van der Waals surface area contributed by atoms with Crippen molar-refractivity contribution in [3.63, 3.8) is 0 Å². The fraction of sp³-hybridized carbons (Fsp3) is 0.917. The molecule has 0 aliphatic heterocycles. The van der Waals surface area contributed by atoms with Crippen LogP contribution in [0, 0.1) is 11.8 Å². The molecule has 2 heteroatoms. The second kappa shape index (κ2) is 4.43. The Hall–Kier alpha value is -0.370. The highest BCUT2D eigenvalue weighted by molar-refractivity contribution is 5.83. The first-order valence-electron chi connectivity index (χ1n) is 6.06. The molecular weight excluding hydrogens is 174 g/mol. The highest BCUT2D eigenvalue weighted by atomic mass is 16.1. The summed E-state index contributed by atoms with van der Waals surface area (Å²) in [7, 11) is 0. The van der Waals surface area contributed by atoms with Gasteiger partial charge in [-0.05, 0) is 38.5 Å². The van der Waals surface area contributed by atoms with E-state index in [2.05, 4.69) is 0 Å². The average Bonchev–Trinajstić information content (AvgIpc) is 2.71. The molecule has 0 aromatic rings. The zero-order valence-electron chi connectivity index (χ0n) is 8.87. The van der Waals surface area contributed by atoms with E-state index >= 15 is 0 Å². The van der Waals surface area contributed by atoms with Crippen LogP contribution >= 0.6 is 0 Å². The van der Waals surface area contributed by atoms with Crippen molar-refractivity contribution in [2.75, 3.05) is 0 Å². The summed E-state index contributed by atoms with van der Waals surface area (Å²) in [5, 5.41) is 0. The van der Waals surface area contributed by atoms with Crippen molar-refractivity contribution < 1.29 is 4.79 Å². The van der Waals surface area contributed by atoms with Crippen LogP contribution in [-0.4, -0.2) is 11.8 Å². The Labute approximate surface area is 86.2 Å². The first kappa shape index (κ1) is 10.2. The van der Waals surface area contributed by atoms with Gasteiger partial charge in [0.05, 0.1) is 0 Å². The third kappa shape index (κ3) is 2.17. The summed E-state index contributed by atoms with van der Waals surface area (Å²) >= 11 is 0. The van der Waals surface area contributed by atoms with Gasteiger partial charge in [-0.3, -0.25) is 4.79 Å². The van der Waals surface area contributed by atoms with Crippen LogP contribution in [0.25, 0.3) is 0 Å². The zero-order chi connectivity index (χ0) is 9.97. The molecule has 2 rings (SSSR count). The predicted molar refractivity (Wildman–Crippen MR) is 56.9 cm³/mol. The van der Waals surface area contributed by atoms with Gasteiger partial charge >= 0.3 is 0 Å². The summed E-state index contributed by atoms with van der Waals surface area (Å²) in [6, 6.07) is 0.364. The van der Waals surface area contributed by atoms with Crippen LogP contribution in [0.2, 0.25) is 0 Å². The Morgan fingerprint density at radius 3 is 1.93 bits per heavy atom. The van der Waals surface area contributed by atoms with E-state index in [1.54, 1.807) is 0 Å². The van der Waals surface area contributed by atoms with Crippen LogP contribution in [-0.2, 0) is 4.79 Å². The van der Waals surface area contributed by atoms with E-state index in [1.165, 1.54) is 12.8 Å². The van der Waals surface area contributed by atoms with Gasteiger partial charge in [0, 0.05) is 17.9 Å². The summed E-state index contributed by atoms with van der Waals surface area (Å²) in [5.41, 5.74) is 5.84. The molecule has 0 amide bonds. The molecule has 2 saturated carbocycles. The maximum Gasteiger partial charge on any atom is 0.139 e. The number of carbonyl (C=O) groups is 1. The van der Waals surface area contributed by atoms with Gasteiger partial charge in [-0.2, -0.15) is 0 Å². The first-order chi connectivity index (χ1) is 6.77. The standard InChI is InChI=1S/C12H21NO/c13-11-7-5-10(6-8-11)12(14)9-3-1-2-4-9/h9-11H,1-8,13H2. The topological polar surface area (TPSA) is 43.1 Å². The van der Waals surface area contributed by atoms with Gasteiger partial charge in [0.15, 0.2) is 0 Å². The van der Waals surface area contributed by atoms with Gasteiger partial charge in [-0.15, -0.1) is 0 Å². The van der Waals surface area contributed by atoms with E-state index in [1.807, 2.05) is 0 Å². The minimum atomic E-state index is 0.359. The highest BCUT2D eigenvalue weighted by Crippen LogP contribution is 2.33. The third-order valence-electron chi connectivity index (χ3n) is 3.93. The molecule has 2 aliphatic rings. The lowest BCUT2D eigenvalue weighted by molar-refractivity contribution is -0.127. The second-order valence-corrected chi connectivity index (χ2v) is 5.00. The lowest BCUT2D eigenvalue weighted by Gasteiger charge is -2.26. The zero-order valence-corrected chi connectivity index (χ0v) is 8.87. The van der Waals surface area contributed by atoms with Crippen LogP contribution in [0.5, 0.6) is 0 Å². The molecule has 0 aromatic heterocycles. The Kier molecular flexibility index (Phi) is 3.22. The van der Waals surface area contributed by atoms with Crippen molar-refractivity contribution in [2.24, 2.45) is 17.6 Å². The van der Waals surface area contributed by atoms with Crippen molar-refractivity contribution in [3.05, 3.63) is 0 Å². The lowest BCUT2D eigenvalue weighted by Crippen LogP contribution is -2.32. The summed E-state index contributed by atoms with van der Waals surface area (Å²) in [5.74, 6) is 1.33. The van der Waals surface area contributed by atoms with E-state index in [4.69, 9.17) is 5.73 Å². The number of ketones is 1. The largest absolute Gasteiger partial charge is 0.328 e. The molecular formula is C12H21NO. The number of rotatable bonds is 2. The van der Waals surface area contributed by atoms with Gasteiger partial charge < -0.3 is 5.73 Å². The van der Waals surface area contributed by atoms with Crippen molar-refractivity contribution in [1.82, 2.24) is 0 Å². The molecule has 0 bridgehead atoms. The maximum absolute atomic E-state index is 12.1. The van der Waals surface area contributed by atoms with Crippen molar-refractivity contribution in [2.45, 2.75) is 57.4 Å². The van der Waals surface area contributed by atoms with Crippen LogP contribution in [0.4, 0.5) is 0 Å². The molecule has 0 aromatic carbocycles. The molecule has 2 aliphatic carbocycles. The summed E-state index contributed by atoms with van der Waals surface area (Å²) < 4.78 is 0. The number of hydrogen-bond acceptors (Lipinski definition) is 2. The van der Waals surface area contributed by atoms with E-state index < -0.39 is 0 Å². The molecule has 2 nitrogen and oxygen atoms in total. The van der Waals surface area contributed by atoms with Gasteiger partial charge in [0.2, 0.25) is 0 Å². The predicted octanol–water partition coefficient (Wildman–Crippen LogP) is 2.26. The number of Topliss-reactive ketones (excluding diaryl/α,β-unsaturated/α-hetero) is 1. The van der Waals surface area contributed by atoms with E-state index in [0.29, 0.717) is 23.7 Å². The molecule has 0 unspecified atom stereocenters. The van der Waals surface area contributed by atoms with E-state index in [-0.39, 0.29) is 0 Å². The van der Waals surface area contributed by atoms with Gasteiger partial charge in [-0.1, -0.05) is 12.8 Å².